The van der Waals surface area contributed by atoms with E-state index in [1.807, 2.05) is 27.5 Å². The molecule has 40 heavy (non-hydrogen) atoms. The molecule has 0 bridgehead atoms. The van der Waals surface area contributed by atoms with Crippen molar-refractivity contribution in [2.24, 2.45) is 0 Å². The highest BCUT2D eigenvalue weighted by Crippen LogP contribution is 2.50. The fraction of sp³-hybridized carbons (Fsp3) is 0.345. The number of nitrogens with zero attached hydrogens (tertiary/aromatic N) is 1. The van der Waals surface area contributed by atoms with Gasteiger partial charge in [0.15, 0.2) is 23.1 Å². The molecule has 0 amide bonds. The zero-order valence-electron chi connectivity index (χ0n) is 21.8. The van der Waals surface area contributed by atoms with E-state index < -0.39 is 22.0 Å². The summed E-state index contributed by atoms with van der Waals surface area (Å²) in [5.41, 5.74) is 3.19. The third-order valence-corrected chi connectivity index (χ3v) is 9.48. The molecular formula is C29H28INO8S. The van der Waals surface area contributed by atoms with Crippen molar-refractivity contribution in [3.63, 3.8) is 0 Å². The van der Waals surface area contributed by atoms with Gasteiger partial charge in [0.25, 0.3) is 0 Å². The number of halogens is 1. The lowest BCUT2D eigenvalue weighted by atomic mass is 9.71. The Bertz CT molecular complexity index is 1520. The van der Waals surface area contributed by atoms with E-state index in [1.165, 1.54) is 19.2 Å². The average Bonchev–Trinajstić information content (AvgIpc) is 2.93. The number of carboxylic acids is 1. The molecule has 2 aliphatic carbocycles. The van der Waals surface area contributed by atoms with Crippen molar-refractivity contribution in [3.8, 4) is 11.5 Å². The fourth-order valence-electron chi connectivity index (χ4n) is 5.76. The predicted octanol–water partition coefficient (Wildman–Crippen LogP) is 4.96. The molecule has 1 N–H and O–H groups in total. The summed E-state index contributed by atoms with van der Waals surface area (Å²) in [6.07, 6.45) is 3.06. The van der Waals surface area contributed by atoms with E-state index in [9.17, 15) is 27.9 Å². The van der Waals surface area contributed by atoms with E-state index in [4.69, 9.17) is 8.92 Å². The summed E-state index contributed by atoms with van der Waals surface area (Å²) in [5.74, 6) is -1.58. The second-order valence-electron chi connectivity index (χ2n) is 9.89. The maximum absolute atomic E-state index is 13.5. The van der Waals surface area contributed by atoms with Crippen LogP contribution in [0.4, 0.5) is 0 Å². The van der Waals surface area contributed by atoms with Crippen molar-refractivity contribution in [1.29, 1.82) is 0 Å². The SMILES string of the molecule is COc1cc(C2C3=C(CCCC3=O)N(CCC(=O)O)C3=C2C(=O)CCC3)cc(I)c1OS(=O)(=O)c1ccccc1. The van der Waals surface area contributed by atoms with Crippen LogP contribution < -0.4 is 8.92 Å². The highest BCUT2D eigenvalue weighted by atomic mass is 127. The molecule has 0 aromatic heterocycles. The van der Waals surface area contributed by atoms with Gasteiger partial charge in [-0.15, -0.1) is 0 Å². The molecule has 11 heteroatoms. The Morgan fingerprint density at radius 1 is 1.00 bits per heavy atom. The summed E-state index contributed by atoms with van der Waals surface area (Å²) in [7, 11) is -2.75. The van der Waals surface area contributed by atoms with Gasteiger partial charge in [0.2, 0.25) is 0 Å². The number of methoxy groups -OCH3 is 1. The number of carboxylic acid groups (broad SMARTS) is 1. The van der Waals surface area contributed by atoms with E-state index in [0.29, 0.717) is 58.8 Å². The Hall–Kier alpha value is -3.19. The van der Waals surface area contributed by atoms with E-state index >= 15 is 0 Å². The van der Waals surface area contributed by atoms with Crippen LogP contribution in [0.2, 0.25) is 0 Å². The lowest BCUT2D eigenvalue weighted by Crippen LogP contribution is -2.40. The number of hydrogen-bond acceptors (Lipinski definition) is 8. The standard InChI is InChI=1S/C29H28INO8S/c1-38-24-16-17(15-19(30)29(24)39-40(36,37)18-7-3-2-4-8-18)26-27-20(9-5-11-22(27)32)31(14-13-25(34)35)21-10-6-12-23(33)28(21)26/h2-4,7-8,15-16,26H,5-6,9-14H2,1H3,(H,34,35). The van der Waals surface area contributed by atoms with Gasteiger partial charge in [0, 0.05) is 47.8 Å². The molecule has 5 rings (SSSR count). The van der Waals surface area contributed by atoms with Gasteiger partial charge in [-0.25, -0.2) is 0 Å². The second kappa shape index (κ2) is 11.4. The normalized spacial score (nSPS) is 18.0. The quantitative estimate of drug-likeness (QED) is 0.305. The Kier molecular flexibility index (Phi) is 8.05. The number of hydrogen-bond donors (Lipinski definition) is 1. The Morgan fingerprint density at radius 2 is 1.60 bits per heavy atom. The third-order valence-electron chi connectivity index (χ3n) is 7.45. The zero-order valence-corrected chi connectivity index (χ0v) is 24.8. The van der Waals surface area contributed by atoms with Crippen LogP contribution in [-0.2, 0) is 24.5 Å². The van der Waals surface area contributed by atoms with Crippen LogP contribution in [0.25, 0.3) is 0 Å². The van der Waals surface area contributed by atoms with Crippen LogP contribution in [0.1, 0.15) is 56.4 Å². The summed E-state index contributed by atoms with van der Waals surface area (Å²) in [4.78, 5) is 40.3. The van der Waals surface area contributed by atoms with Crippen molar-refractivity contribution in [3.05, 3.63) is 74.1 Å². The first-order chi connectivity index (χ1) is 19.1. The fourth-order valence-corrected chi connectivity index (χ4v) is 7.62. The first-order valence-electron chi connectivity index (χ1n) is 13.0. The number of benzene rings is 2. The molecule has 0 spiro atoms. The lowest BCUT2D eigenvalue weighted by molar-refractivity contribution is -0.137. The van der Waals surface area contributed by atoms with Gasteiger partial charge in [0.1, 0.15) is 4.90 Å². The maximum atomic E-state index is 13.5. The lowest BCUT2D eigenvalue weighted by Gasteiger charge is -2.44. The van der Waals surface area contributed by atoms with Crippen LogP contribution in [0.15, 0.2) is 69.9 Å². The van der Waals surface area contributed by atoms with Crippen LogP contribution in [0.3, 0.4) is 0 Å². The topological polar surface area (TPSA) is 127 Å². The minimum Gasteiger partial charge on any atom is -0.493 e. The molecule has 0 saturated heterocycles. The molecule has 0 saturated carbocycles. The van der Waals surface area contributed by atoms with Crippen LogP contribution in [0.5, 0.6) is 11.5 Å². The highest BCUT2D eigenvalue weighted by molar-refractivity contribution is 14.1. The Balaban J connectivity index is 1.64. The number of Topliss-reactive ketones (excluding diaryl/α,β-unsaturated/α-hetero) is 2. The molecule has 0 radical (unpaired) electrons. The van der Waals surface area contributed by atoms with E-state index in [2.05, 4.69) is 0 Å². The molecule has 2 aromatic carbocycles. The molecule has 2 aromatic rings. The van der Waals surface area contributed by atoms with Gasteiger partial charge in [-0.1, -0.05) is 18.2 Å². The summed E-state index contributed by atoms with van der Waals surface area (Å²) in [6, 6.07) is 11.1. The Labute approximate surface area is 246 Å². The van der Waals surface area contributed by atoms with Crippen molar-refractivity contribution in [2.75, 3.05) is 13.7 Å². The molecule has 1 heterocycles. The van der Waals surface area contributed by atoms with Gasteiger partial charge >= 0.3 is 16.1 Å². The molecule has 1 aliphatic heterocycles. The molecule has 9 nitrogen and oxygen atoms in total. The summed E-state index contributed by atoms with van der Waals surface area (Å²) in [5, 5.41) is 9.38. The number of carbonyl (C=O) groups excluding carboxylic acids is 2. The largest absolute Gasteiger partial charge is 0.493 e. The second-order valence-corrected chi connectivity index (χ2v) is 12.6. The minimum absolute atomic E-state index is 0.00383. The summed E-state index contributed by atoms with van der Waals surface area (Å²) >= 11 is 1.97. The highest BCUT2D eigenvalue weighted by Gasteiger charge is 2.43. The number of ether oxygens (including phenoxy) is 1. The molecule has 0 fully saturated rings. The average molecular weight is 678 g/mol. The number of rotatable bonds is 8. The number of carbonyl (C=O) groups is 3. The Morgan fingerprint density at radius 3 is 2.15 bits per heavy atom. The molecular weight excluding hydrogens is 649 g/mol. The van der Waals surface area contributed by atoms with Gasteiger partial charge in [-0.05, 0) is 78.1 Å². The number of aliphatic carboxylic acids is 1. The summed E-state index contributed by atoms with van der Waals surface area (Å²) in [6.45, 7) is 0.186. The number of allylic oxidation sites excluding steroid dienone is 4. The van der Waals surface area contributed by atoms with Gasteiger partial charge in [0.05, 0.1) is 17.1 Å². The molecule has 210 valence electrons. The van der Waals surface area contributed by atoms with Crippen LogP contribution in [-0.4, -0.2) is 49.6 Å². The van der Waals surface area contributed by atoms with Gasteiger partial charge < -0.3 is 18.9 Å². The number of ketones is 2. The summed E-state index contributed by atoms with van der Waals surface area (Å²) < 4.78 is 37.5. The molecule has 3 aliphatic rings. The van der Waals surface area contributed by atoms with E-state index in [1.54, 1.807) is 30.3 Å². The smallest absolute Gasteiger partial charge is 0.339 e. The monoisotopic (exact) mass is 677 g/mol. The van der Waals surface area contributed by atoms with Crippen molar-refractivity contribution in [1.82, 2.24) is 4.90 Å². The van der Waals surface area contributed by atoms with E-state index in [0.717, 1.165) is 11.4 Å². The first kappa shape index (κ1) is 28.3. The van der Waals surface area contributed by atoms with Crippen molar-refractivity contribution < 1.29 is 36.8 Å². The molecule has 0 unspecified atom stereocenters. The van der Waals surface area contributed by atoms with E-state index in [-0.39, 0.29) is 40.9 Å². The maximum Gasteiger partial charge on any atom is 0.339 e. The van der Waals surface area contributed by atoms with Crippen molar-refractivity contribution in [2.45, 2.75) is 55.8 Å². The zero-order chi connectivity index (χ0) is 28.6. The molecule has 0 atom stereocenters. The predicted molar refractivity (Wildman–Crippen MR) is 153 cm³/mol. The van der Waals surface area contributed by atoms with Crippen molar-refractivity contribution >= 4 is 50.2 Å². The first-order valence-corrected chi connectivity index (χ1v) is 15.5. The van der Waals surface area contributed by atoms with Gasteiger partial charge in [-0.3, -0.25) is 14.4 Å². The third kappa shape index (κ3) is 5.28. The van der Waals surface area contributed by atoms with Crippen LogP contribution in [0, 0.1) is 3.57 Å². The van der Waals surface area contributed by atoms with Crippen LogP contribution >= 0.6 is 22.6 Å². The minimum atomic E-state index is -4.15. The van der Waals surface area contributed by atoms with Gasteiger partial charge in [-0.2, -0.15) is 8.42 Å².